The molecule has 0 bridgehead atoms. The Morgan fingerprint density at radius 3 is 2.29 bits per heavy atom. The second-order valence-corrected chi connectivity index (χ2v) is 10.1. The van der Waals surface area contributed by atoms with Crippen LogP contribution in [0.15, 0.2) is 102 Å². The van der Waals surface area contributed by atoms with E-state index in [0.29, 0.717) is 22.4 Å². The van der Waals surface area contributed by atoms with Crippen LogP contribution in [0, 0.1) is 11.2 Å². The van der Waals surface area contributed by atoms with Gasteiger partial charge in [-0.2, -0.15) is 0 Å². The summed E-state index contributed by atoms with van der Waals surface area (Å²) in [6.07, 6.45) is 0. The lowest BCUT2D eigenvalue weighted by atomic mass is 10.0. The highest BCUT2D eigenvalue weighted by Gasteiger charge is 2.27. The van der Waals surface area contributed by atoms with Crippen molar-refractivity contribution in [2.75, 3.05) is 17.3 Å². The Labute approximate surface area is 220 Å². The average molecular weight is 532 g/mol. The zero-order valence-corrected chi connectivity index (χ0v) is 21.2. The molecule has 1 unspecified atom stereocenters. The van der Waals surface area contributed by atoms with Gasteiger partial charge in [-0.05, 0) is 41.5 Å². The fourth-order valence-electron chi connectivity index (χ4n) is 4.17. The molecule has 0 aliphatic rings. The third-order valence-corrected chi connectivity index (χ3v) is 7.02. The molecule has 0 aromatic heterocycles. The number of nitrogens with two attached hydrogens (primary N) is 2. The molecule has 38 heavy (non-hydrogen) atoms. The van der Waals surface area contributed by atoms with E-state index in [2.05, 4.69) is 5.32 Å². The van der Waals surface area contributed by atoms with Crippen molar-refractivity contribution in [2.24, 2.45) is 10.9 Å². The number of amidine groups is 1. The van der Waals surface area contributed by atoms with E-state index in [1.807, 2.05) is 6.07 Å². The van der Waals surface area contributed by atoms with Gasteiger partial charge in [-0.25, -0.2) is 17.9 Å². The zero-order valence-electron chi connectivity index (χ0n) is 20.4. The number of hydrogen-bond donors (Lipinski definition) is 4. The van der Waals surface area contributed by atoms with E-state index in [4.69, 9.17) is 16.3 Å². The molecule has 0 saturated heterocycles. The summed E-state index contributed by atoms with van der Waals surface area (Å²) in [5, 5.41) is 15.7. The van der Waals surface area contributed by atoms with Crippen LogP contribution in [0.3, 0.4) is 0 Å². The van der Waals surface area contributed by atoms with E-state index in [0.717, 1.165) is 6.07 Å². The van der Waals surface area contributed by atoms with E-state index in [9.17, 15) is 13.2 Å². The number of likely N-dealkylation sites (N-methyl/N-ethyl adjacent to an activating group) is 1. The number of carbonyl (C=O) groups is 1. The van der Waals surface area contributed by atoms with Gasteiger partial charge in [-0.3, -0.25) is 10.2 Å². The number of carbonyl (C=O) groups excluding carboxylic acids is 1. The molecule has 0 spiro atoms. The number of nitrogens with zero attached hydrogens (tertiary/aromatic N) is 1. The summed E-state index contributed by atoms with van der Waals surface area (Å²) in [5.74, 6) is -1.34. The maximum atomic E-state index is 15.2. The summed E-state index contributed by atoms with van der Waals surface area (Å²) in [6, 6.07) is 25.1. The third kappa shape index (κ3) is 5.72. The Morgan fingerprint density at radius 1 is 0.947 bits per heavy atom. The zero-order chi connectivity index (χ0) is 27.4. The van der Waals surface area contributed by atoms with Crippen molar-refractivity contribution in [1.82, 2.24) is 0 Å². The lowest BCUT2D eigenvalue weighted by molar-refractivity contribution is -0.117. The summed E-state index contributed by atoms with van der Waals surface area (Å²) >= 11 is 0. The van der Waals surface area contributed by atoms with Crippen molar-refractivity contribution < 1.29 is 17.6 Å². The van der Waals surface area contributed by atoms with Crippen LogP contribution in [0.4, 0.5) is 15.8 Å². The number of anilines is 2. The number of sulfonamides is 1. The molecule has 0 radical (unpaired) electrons. The van der Waals surface area contributed by atoms with Crippen molar-refractivity contribution in [3.05, 3.63) is 114 Å². The van der Waals surface area contributed by atoms with E-state index < -0.39 is 27.8 Å². The van der Waals surface area contributed by atoms with Crippen molar-refractivity contribution in [1.29, 1.82) is 5.41 Å². The van der Waals surface area contributed by atoms with Crippen LogP contribution in [-0.4, -0.2) is 27.2 Å². The maximum absolute atomic E-state index is 15.2. The molecule has 0 aliphatic carbocycles. The van der Waals surface area contributed by atoms with Gasteiger partial charge in [-0.1, -0.05) is 66.7 Å². The predicted octanol–water partition coefficient (Wildman–Crippen LogP) is 4.24. The van der Waals surface area contributed by atoms with Crippen molar-refractivity contribution in [3.63, 3.8) is 0 Å². The first kappa shape index (κ1) is 26.5. The summed E-state index contributed by atoms with van der Waals surface area (Å²) < 4.78 is 39.2. The lowest BCUT2D eigenvalue weighted by Gasteiger charge is -2.30. The Balaban J connectivity index is 1.67. The van der Waals surface area contributed by atoms with Crippen molar-refractivity contribution in [3.8, 4) is 11.1 Å². The number of halogens is 1. The number of nitrogens with one attached hydrogen (secondary N) is 2. The van der Waals surface area contributed by atoms with Gasteiger partial charge in [0.05, 0.1) is 10.6 Å². The molecule has 0 saturated carbocycles. The molecular formula is C28H26FN5O3S. The topological polar surface area (TPSA) is 142 Å². The summed E-state index contributed by atoms with van der Waals surface area (Å²) in [4.78, 5) is 15.1. The minimum absolute atomic E-state index is 0.0707. The van der Waals surface area contributed by atoms with Gasteiger partial charge in [-0.15, -0.1) is 0 Å². The minimum Gasteiger partial charge on any atom is -0.384 e. The quantitative estimate of drug-likeness (QED) is 0.199. The summed E-state index contributed by atoms with van der Waals surface area (Å²) in [7, 11) is -2.31. The molecule has 194 valence electrons. The first-order chi connectivity index (χ1) is 18.1. The van der Waals surface area contributed by atoms with Crippen molar-refractivity contribution >= 4 is 33.1 Å². The fraction of sp³-hybridized carbons (Fsp3) is 0.0714. The standard InChI is InChI=1S/C28H26FN5O3S/c1-34(21-11-7-10-20(16-21)27(30)31)26(18-8-3-2-4-9-18)28(35)33-24-15-14-19(17-23(24)29)22-12-5-6-13-25(22)38(32,36)37/h2-17,26H,1H3,(H3,30,31)(H,33,35)(H2,32,36,37). The van der Waals surface area contributed by atoms with Gasteiger partial charge >= 0.3 is 0 Å². The van der Waals surface area contributed by atoms with Crippen LogP contribution in [0.25, 0.3) is 11.1 Å². The molecule has 4 rings (SSSR count). The maximum Gasteiger partial charge on any atom is 0.251 e. The van der Waals surface area contributed by atoms with Gasteiger partial charge in [0.1, 0.15) is 17.7 Å². The van der Waals surface area contributed by atoms with Crippen LogP contribution >= 0.6 is 0 Å². The highest BCUT2D eigenvalue weighted by atomic mass is 32.2. The fourth-order valence-corrected chi connectivity index (χ4v) is 4.93. The van der Waals surface area contributed by atoms with E-state index in [1.54, 1.807) is 66.5 Å². The molecule has 4 aromatic rings. The molecule has 1 amide bonds. The van der Waals surface area contributed by atoms with Crippen LogP contribution in [0.1, 0.15) is 17.2 Å². The Bertz CT molecular complexity index is 1610. The number of benzene rings is 4. The predicted molar refractivity (Wildman–Crippen MR) is 147 cm³/mol. The van der Waals surface area contributed by atoms with E-state index >= 15 is 4.39 Å². The number of nitrogen functional groups attached to an aromatic ring is 1. The highest BCUT2D eigenvalue weighted by molar-refractivity contribution is 7.89. The number of amides is 1. The first-order valence-electron chi connectivity index (χ1n) is 11.5. The molecule has 0 heterocycles. The normalized spacial score (nSPS) is 12.0. The van der Waals surface area contributed by atoms with Gasteiger partial charge in [0, 0.05) is 23.9 Å². The second kappa shape index (κ2) is 10.8. The smallest absolute Gasteiger partial charge is 0.251 e. The first-order valence-corrected chi connectivity index (χ1v) is 13.1. The molecule has 4 aromatic carbocycles. The molecule has 8 nitrogen and oxygen atoms in total. The van der Waals surface area contributed by atoms with E-state index in [1.165, 1.54) is 30.3 Å². The average Bonchev–Trinajstić information content (AvgIpc) is 2.90. The van der Waals surface area contributed by atoms with Gasteiger partial charge in [0.2, 0.25) is 10.0 Å². The number of hydrogen-bond acceptors (Lipinski definition) is 5. The Morgan fingerprint density at radius 2 is 1.63 bits per heavy atom. The third-order valence-electron chi connectivity index (χ3n) is 6.05. The SMILES string of the molecule is CN(c1cccc(C(=N)N)c1)C(C(=O)Nc1ccc(-c2ccccc2S(N)(=O)=O)cc1F)c1ccccc1. The molecule has 6 N–H and O–H groups in total. The largest absolute Gasteiger partial charge is 0.384 e. The molecule has 1 atom stereocenters. The second-order valence-electron chi connectivity index (χ2n) is 8.61. The lowest BCUT2D eigenvalue weighted by Crippen LogP contribution is -2.35. The van der Waals surface area contributed by atoms with Crippen molar-refractivity contribution in [2.45, 2.75) is 10.9 Å². The number of primary sulfonamides is 1. The number of rotatable bonds is 8. The minimum atomic E-state index is -4.03. The molecule has 0 aliphatic heterocycles. The monoisotopic (exact) mass is 531 g/mol. The van der Waals surface area contributed by atoms with Crippen LogP contribution in [0.5, 0.6) is 0 Å². The van der Waals surface area contributed by atoms with E-state index in [-0.39, 0.29) is 22.0 Å². The summed E-state index contributed by atoms with van der Waals surface area (Å²) in [6.45, 7) is 0. The van der Waals surface area contributed by atoms with Crippen LogP contribution in [0.2, 0.25) is 0 Å². The van der Waals surface area contributed by atoms with Crippen LogP contribution in [-0.2, 0) is 14.8 Å². The Hall–Kier alpha value is -4.54. The van der Waals surface area contributed by atoms with Crippen LogP contribution < -0.4 is 21.1 Å². The van der Waals surface area contributed by atoms with Gasteiger partial charge < -0.3 is 16.0 Å². The van der Waals surface area contributed by atoms with Gasteiger partial charge in [0.25, 0.3) is 5.91 Å². The molecular weight excluding hydrogens is 505 g/mol. The Kier molecular flexibility index (Phi) is 7.56. The highest BCUT2D eigenvalue weighted by Crippen LogP contribution is 2.31. The molecule has 0 fully saturated rings. The molecule has 10 heteroatoms. The summed E-state index contributed by atoms with van der Waals surface area (Å²) in [5.41, 5.74) is 7.92. The van der Waals surface area contributed by atoms with Gasteiger partial charge in [0.15, 0.2) is 0 Å².